The van der Waals surface area contributed by atoms with Gasteiger partial charge in [0.2, 0.25) is 0 Å². The van der Waals surface area contributed by atoms with E-state index >= 15 is 0 Å². The Morgan fingerprint density at radius 3 is 2.50 bits per heavy atom. The zero-order chi connectivity index (χ0) is 13.7. The van der Waals surface area contributed by atoms with Crippen LogP contribution >= 0.6 is 0 Å². The quantitative estimate of drug-likeness (QED) is 0.590. The average molecular weight is 241 g/mol. The molecule has 0 fully saturated rings. The molecule has 1 aromatic carbocycles. The second-order valence-electron chi connectivity index (χ2n) is 4.88. The van der Waals surface area contributed by atoms with Gasteiger partial charge in [-0.2, -0.15) is 0 Å². The third-order valence-corrected chi connectivity index (χ3v) is 2.96. The summed E-state index contributed by atoms with van der Waals surface area (Å²) in [5.41, 5.74) is 10.8. The molecule has 1 rings (SSSR count). The van der Waals surface area contributed by atoms with Gasteiger partial charge in [0.15, 0.2) is 0 Å². The van der Waals surface area contributed by atoms with Crippen LogP contribution in [0.2, 0.25) is 0 Å². The van der Waals surface area contributed by atoms with Crippen LogP contribution in [0.4, 0.5) is 5.69 Å². The van der Waals surface area contributed by atoms with Crippen molar-refractivity contribution in [3.63, 3.8) is 0 Å². The van der Waals surface area contributed by atoms with E-state index in [-0.39, 0.29) is 0 Å². The number of nitrogens with one attached hydrogen (secondary N) is 1. The largest absolute Gasteiger partial charge is 0.381 e. The molecule has 0 saturated heterocycles. The molecule has 0 amide bonds. The molecule has 0 spiro atoms. The minimum Gasteiger partial charge on any atom is -0.381 e. The highest BCUT2D eigenvalue weighted by molar-refractivity contribution is 5.70. The van der Waals surface area contributed by atoms with Gasteiger partial charge in [0.25, 0.3) is 0 Å². The highest BCUT2D eigenvalue weighted by Crippen LogP contribution is 2.27. The molecule has 0 radical (unpaired) electrons. The monoisotopic (exact) mass is 241 g/mol. The topological polar surface area (TPSA) is 12.0 Å². The van der Waals surface area contributed by atoms with Crippen LogP contribution in [0.5, 0.6) is 0 Å². The van der Waals surface area contributed by atoms with E-state index < -0.39 is 0 Å². The van der Waals surface area contributed by atoms with Crippen LogP contribution in [0.1, 0.15) is 36.1 Å². The van der Waals surface area contributed by atoms with Crippen LogP contribution in [0.15, 0.2) is 30.0 Å². The van der Waals surface area contributed by atoms with Crippen molar-refractivity contribution < 1.29 is 0 Å². The number of hydrogen-bond donors (Lipinski definition) is 1. The second-order valence-corrected chi connectivity index (χ2v) is 4.88. The summed E-state index contributed by atoms with van der Waals surface area (Å²) < 4.78 is 0. The molecule has 0 aliphatic rings. The molecule has 0 unspecified atom stereocenters. The Hall–Kier alpha value is -1.72. The van der Waals surface area contributed by atoms with Crippen molar-refractivity contribution in [1.29, 1.82) is 0 Å². The summed E-state index contributed by atoms with van der Waals surface area (Å²) in [6.45, 7) is 15.1. The molecule has 0 aliphatic heterocycles. The molecular weight excluding hydrogens is 218 g/mol. The molecule has 0 aromatic heterocycles. The van der Waals surface area contributed by atoms with Gasteiger partial charge in [0, 0.05) is 12.2 Å². The second kappa shape index (κ2) is 6.28. The maximum Gasteiger partial charge on any atom is 0.0408 e. The van der Waals surface area contributed by atoms with E-state index in [2.05, 4.69) is 64.4 Å². The predicted octanol–water partition coefficient (Wildman–Crippen LogP) is 4.79. The van der Waals surface area contributed by atoms with Gasteiger partial charge in [-0.15, -0.1) is 12.3 Å². The Balaban J connectivity index is 3.35. The van der Waals surface area contributed by atoms with E-state index in [0.717, 1.165) is 6.54 Å². The number of aryl methyl sites for hydroxylation is 2. The van der Waals surface area contributed by atoms with Crippen LogP contribution in [-0.2, 0) is 0 Å². The van der Waals surface area contributed by atoms with Gasteiger partial charge in [-0.05, 0) is 68.5 Å². The molecule has 1 nitrogen and oxygen atoms in total. The number of benzene rings is 1. The maximum atomic E-state index is 3.75. The SMILES string of the molecule is C=CCNc1c(C)cc(C)c(C=C=C(C)C)c1C. The summed E-state index contributed by atoms with van der Waals surface area (Å²) in [6, 6.07) is 2.22. The van der Waals surface area contributed by atoms with Crippen LogP contribution in [0.3, 0.4) is 0 Å². The number of rotatable bonds is 4. The minimum absolute atomic E-state index is 0.788. The molecule has 0 atom stereocenters. The highest BCUT2D eigenvalue weighted by Gasteiger charge is 2.08. The predicted molar refractivity (Wildman–Crippen MR) is 82.2 cm³/mol. The van der Waals surface area contributed by atoms with Crippen LogP contribution in [0, 0.1) is 20.8 Å². The van der Waals surface area contributed by atoms with E-state index in [1.807, 2.05) is 6.08 Å². The Labute approximate surface area is 111 Å². The molecule has 1 N–H and O–H groups in total. The molecular formula is C17H23N. The number of anilines is 1. The van der Waals surface area contributed by atoms with Crippen LogP contribution in [-0.4, -0.2) is 6.54 Å². The molecule has 0 aliphatic carbocycles. The Kier molecular flexibility index (Phi) is 5.00. The van der Waals surface area contributed by atoms with E-state index in [1.165, 1.54) is 33.5 Å². The van der Waals surface area contributed by atoms with Gasteiger partial charge < -0.3 is 5.32 Å². The van der Waals surface area contributed by atoms with Gasteiger partial charge in [0.1, 0.15) is 0 Å². The van der Waals surface area contributed by atoms with Crippen molar-refractivity contribution in [3.8, 4) is 0 Å². The molecule has 96 valence electrons. The fraction of sp³-hybridized carbons (Fsp3) is 0.353. The average Bonchev–Trinajstić information content (AvgIpc) is 2.27. The Morgan fingerprint density at radius 1 is 1.28 bits per heavy atom. The Bertz CT molecular complexity index is 511. The van der Waals surface area contributed by atoms with Crippen molar-refractivity contribution in [3.05, 3.63) is 52.3 Å². The first-order valence-corrected chi connectivity index (χ1v) is 6.32. The normalized spacial score (nSPS) is 9.61. The van der Waals surface area contributed by atoms with Crippen LogP contribution < -0.4 is 5.32 Å². The molecule has 0 saturated carbocycles. The van der Waals surface area contributed by atoms with Gasteiger partial charge >= 0.3 is 0 Å². The number of hydrogen-bond acceptors (Lipinski definition) is 1. The summed E-state index contributed by atoms with van der Waals surface area (Å²) in [7, 11) is 0. The Morgan fingerprint density at radius 2 is 1.94 bits per heavy atom. The maximum absolute atomic E-state index is 3.75. The third-order valence-electron chi connectivity index (χ3n) is 2.96. The van der Waals surface area contributed by atoms with Gasteiger partial charge in [-0.3, -0.25) is 0 Å². The van der Waals surface area contributed by atoms with Gasteiger partial charge in [0.05, 0.1) is 0 Å². The summed E-state index contributed by atoms with van der Waals surface area (Å²) in [6.07, 6.45) is 3.96. The van der Waals surface area contributed by atoms with Crippen molar-refractivity contribution in [2.45, 2.75) is 34.6 Å². The van der Waals surface area contributed by atoms with Crippen molar-refractivity contribution in [1.82, 2.24) is 0 Å². The van der Waals surface area contributed by atoms with E-state index in [9.17, 15) is 0 Å². The zero-order valence-electron chi connectivity index (χ0n) is 12.1. The lowest BCUT2D eigenvalue weighted by Crippen LogP contribution is -2.04. The summed E-state index contributed by atoms with van der Waals surface area (Å²) in [4.78, 5) is 0. The molecule has 18 heavy (non-hydrogen) atoms. The fourth-order valence-electron chi connectivity index (χ4n) is 2.09. The number of allylic oxidation sites excluding steroid dienone is 1. The van der Waals surface area contributed by atoms with Gasteiger partial charge in [-0.1, -0.05) is 12.1 Å². The van der Waals surface area contributed by atoms with Gasteiger partial charge in [-0.25, -0.2) is 0 Å². The zero-order valence-corrected chi connectivity index (χ0v) is 12.1. The van der Waals surface area contributed by atoms with Crippen molar-refractivity contribution >= 4 is 11.8 Å². The molecule has 1 heteroatoms. The first kappa shape index (κ1) is 14.3. The summed E-state index contributed by atoms with van der Waals surface area (Å²) in [5, 5.41) is 3.41. The van der Waals surface area contributed by atoms with E-state index in [0.29, 0.717) is 0 Å². The van der Waals surface area contributed by atoms with Crippen LogP contribution in [0.25, 0.3) is 6.08 Å². The smallest absolute Gasteiger partial charge is 0.0408 e. The standard InChI is InChI=1S/C17H23N/c1-7-10-18-17-14(5)11-13(4)16(15(17)6)9-8-12(2)3/h7,9,11,18H,1,10H2,2-6H3. The third kappa shape index (κ3) is 3.38. The fourth-order valence-corrected chi connectivity index (χ4v) is 2.09. The highest BCUT2D eigenvalue weighted by atomic mass is 14.9. The van der Waals surface area contributed by atoms with E-state index in [4.69, 9.17) is 0 Å². The lowest BCUT2D eigenvalue weighted by Gasteiger charge is -2.16. The summed E-state index contributed by atoms with van der Waals surface area (Å²) >= 11 is 0. The summed E-state index contributed by atoms with van der Waals surface area (Å²) in [5.74, 6) is 0. The molecule has 1 aromatic rings. The van der Waals surface area contributed by atoms with Crippen molar-refractivity contribution in [2.75, 3.05) is 11.9 Å². The minimum atomic E-state index is 0.788. The lowest BCUT2D eigenvalue weighted by molar-refractivity contribution is 1.24. The van der Waals surface area contributed by atoms with Crippen molar-refractivity contribution in [2.24, 2.45) is 0 Å². The molecule has 0 heterocycles. The lowest BCUT2D eigenvalue weighted by atomic mass is 9.97. The molecule has 0 bridgehead atoms. The first-order valence-electron chi connectivity index (χ1n) is 6.32. The first-order chi connectivity index (χ1) is 8.47. The van der Waals surface area contributed by atoms with E-state index in [1.54, 1.807) is 0 Å².